The number of piperidine rings is 1. The molecule has 0 N–H and O–H groups in total. The predicted octanol–water partition coefficient (Wildman–Crippen LogP) is 2.92. The van der Waals surface area contributed by atoms with E-state index >= 15 is 0 Å². The van der Waals surface area contributed by atoms with Gasteiger partial charge in [0.05, 0.1) is 11.7 Å². The minimum atomic E-state index is -4.07. The maximum Gasteiger partial charge on any atom is 0.246 e. The Hall–Kier alpha value is -1.80. The van der Waals surface area contributed by atoms with E-state index in [-0.39, 0.29) is 5.56 Å². The highest BCUT2D eigenvalue weighted by Crippen LogP contribution is 2.36. The van der Waals surface area contributed by atoms with Crippen molar-refractivity contribution in [3.63, 3.8) is 0 Å². The van der Waals surface area contributed by atoms with Crippen LogP contribution in [0.4, 0.5) is 8.78 Å². The predicted molar refractivity (Wildman–Crippen MR) is 84.8 cm³/mol. The van der Waals surface area contributed by atoms with Crippen LogP contribution in [0.3, 0.4) is 0 Å². The van der Waals surface area contributed by atoms with Crippen molar-refractivity contribution in [2.75, 3.05) is 6.54 Å². The monoisotopic (exact) mass is 355 g/mol. The van der Waals surface area contributed by atoms with Gasteiger partial charge in [-0.15, -0.1) is 0 Å². The third kappa shape index (κ3) is 2.84. The summed E-state index contributed by atoms with van der Waals surface area (Å²) in [7, 11) is -2.33. The Morgan fingerprint density at radius 1 is 1.21 bits per heavy atom. The normalized spacial score (nSPS) is 19.6. The highest BCUT2D eigenvalue weighted by molar-refractivity contribution is 7.89. The Bertz CT molecular complexity index is 864. The summed E-state index contributed by atoms with van der Waals surface area (Å²) in [6.45, 7) is 1.72. The summed E-state index contributed by atoms with van der Waals surface area (Å²) in [6, 6.07) is 3.06. The molecule has 0 aliphatic carbocycles. The van der Waals surface area contributed by atoms with Gasteiger partial charge in [0.1, 0.15) is 16.5 Å². The highest BCUT2D eigenvalue weighted by Gasteiger charge is 2.37. The van der Waals surface area contributed by atoms with Gasteiger partial charge in [0.2, 0.25) is 10.0 Å². The smallest absolute Gasteiger partial charge is 0.246 e. The zero-order valence-electron chi connectivity index (χ0n) is 13.5. The number of aromatic nitrogens is 2. The van der Waals surface area contributed by atoms with Crippen LogP contribution in [0.5, 0.6) is 0 Å². The van der Waals surface area contributed by atoms with Crippen molar-refractivity contribution in [2.45, 2.75) is 37.1 Å². The second-order valence-electron chi connectivity index (χ2n) is 6.04. The molecule has 0 spiro atoms. The van der Waals surface area contributed by atoms with E-state index in [0.29, 0.717) is 25.5 Å². The molecule has 5 nitrogen and oxygen atoms in total. The molecule has 8 heteroatoms. The van der Waals surface area contributed by atoms with Gasteiger partial charge >= 0.3 is 0 Å². The van der Waals surface area contributed by atoms with Crippen molar-refractivity contribution < 1.29 is 17.2 Å². The Morgan fingerprint density at radius 2 is 1.96 bits per heavy atom. The summed E-state index contributed by atoms with van der Waals surface area (Å²) in [4.78, 5) is -0.476. The topological polar surface area (TPSA) is 55.2 Å². The van der Waals surface area contributed by atoms with Crippen LogP contribution in [-0.2, 0) is 17.1 Å². The second-order valence-corrected chi connectivity index (χ2v) is 7.90. The molecular formula is C16H19F2N3O2S. The molecule has 130 valence electrons. The molecule has 24 heavy (non-hydrogen) atoms. The standard InChI is InChI=1S/C16H19F2N3O2S/c1-11-9-16(13(18)10-12(11)17)24(22,23)21-8-4-3-5-15(21)14-6-7-19-20(14)2/h6-7,9-10,15H,3-5,8H2,1-2H3/t15-/m0/s1. The molecule has 3 rings (SSSR count). The molecule has 0 radical (unpaired) electrons. The number of halogens is 2. The second kappa shape index (κ2) is 6.25. The lowest BCUT2D eigenvalue weighted by molar-refractivity contribution is 0.245. The van der Waals surface area contributed by atoms with Gasteiger partial charge in [0.15, 0.2) is 0 Å². The molecule has 1 aromatic heterocycles. The maximum atomic E-state index is 14.2. The molecule has 1 saturated heterocycles. The molecule has 0 saturated carbocycles. The van der Waals surface area contributed by atoms with Gasteiger partial charge < -0.3 is 0 Å². The lowest BCUT2D eigenvalue weighted by Crippen LogP contribution is -2.39. The van der Waals surface area contributed by atoms with Crippen LogP contribution in [0.1, 0.15) is 36.6 Å². The van der Waals surface area contributed by atoms with Crippen LogP contribution in [0.15, 0.2) is 29.3 Å². The Labute approximate surface area is 139 Å². The third-order valence-electron chi connectivity index (χ3n) is 4.45. The van der Waals surface area contributed by atoms with Crippen molar-refractivity contribution in [3.05, 3.63) is 47.3 Å². The van der Waals surface area contributed by atoms with E-state index in [4.69, 9.17) is 0 Å². The first-order valence-corrected chi connectivity index (χ1v) is 9.22. The Balaban J connectivity index is 2.07. The third-order valence-corrected chi connectivity index (χ3v) is 6.38. The molecule has 0 amide bonds. The molecule has 2 aromatic rings. The van der Waals surface area contributed by atoms with Gasteiger partial charge in [0, 0.05) is 25.9 Å². The quantitative estimate of drug-likeness (QED) is 0.851. The van der Waals surface area contributed by atoms with Crippen LogP contribution in [0.25, 0.3) is 0 Å². The number of sulfonamides is 1. The summed E-state index contributed by atoms with van der Waals surface area (Å²) in [5, 5.41) is 4.10. The number of aryl methyl sites for hydroxylation is 2. The fraction of sp³-hybridized carbons (Fsp3) is 0.438. The van der Waals surface area contributed by atoms with Gasteiger partial charge in [-0.3, -0.25) is 4.68 Å². The summed E-state index contributed by atoms with van der Waals surface area (Å²) in [5.74, 6) is -1.82. The van der Waals surface area contributed by atoms with E-state index in [1.807, 2.05) is 0 Å². The van der Waals surface area contributed by atoms with E-state index < -0.39 is 32.6 Å². The van der Waals surface area contributed by atoms with Crippen LogP contribution >= 0.6 is 0 Å². The van der Waals surface area contributed by atoms with E-state index in [1.165, 1.54) is 11.2 Å². The molecule has 1 fully saturated rings. The molecule has 0 unspecified atom stereocenters. The number of benzene rings is 1. The summed E-state index contributed by atoms with van der Waals surface area (Å²) >= 11 is 0. The van der Waals surface area contributed by atoms with Gasteiger partial charge in [-0.25, -0.2) is 17.2 Å². The Morgan fingerprint density at radius 3 is 2.62 bits per heavy atom. The van der Waals surface area contributed by atoms with Gasteiger partial charge in [-0.2, -0.15) is 9.40 Å². The van der Waals surface area contributed by atoms with Crippen LogP contribution in [0.2, 0.25) is 0 Å². The number of hydrogen-bond donors (Lipinski definition) is 0. The van der Waals surface area contributed by atoms with Crippen molar-refractivity contribution in [1.29, 1.82) is 0 Å². The van der Waals surface area contributed by atoms with E-state index in [2.05, 4.69) is 5.10 Å². The zero-order chi connectivity index (χ0) is 17.5. The van der Waals surface area contributed by atoms with Crippen LogP contribution in [0, 0.1) is 18.6 Å². The Kier molecular flexibility index (Phi) is 4.44. The van der Waals surface area contributed by atoms with Crippen molar-refractivity contribution in [3.8, 4) is 0 Å². The molecule has 1 atom stereocenters. The first-order valence-electron chi connectivity index (χ1n) is 7.78. The van der Waals surface area contributed by atoms with Crippen LogP contribution < -0.4 is 0 Å². The first-order chi connectivity index (χ1) is 11.3. The lowest BCUT2D eigenvalue weighted by atomic mass is 10.0. The fourth-order valence-corrected chi connectivity index (χ4v) is 4.96. The fourth-order valence-electron chi connectivity index (χ4n) is 3.15. The molecule has 2 heterocycles. The molecule has 1 aromatic carbocycles. The SMILES string of the molecule is Cc1cc(S(=O)(=O)N2CCCC[C@H]2c2ccnn2C)c(F)cc1F. The van der Waals surface area contributed by atoms with Crippen LogP contribution in [-0.4, -0.2) is 29.0 Å². The summed E-state index contributed by atoms with van der Waals surface area (Å²) in [5.41, 5.74) is 0.863. The molecular weight excluding hydrogens is 336 g/mol. The molecule has 1 aliphatic heterocycles. The first kappa shape index (κ1) is 17.0. The summed E-state index contributed by atoms with van der Waals surface area (Å²) in [6.07, 6.45) is 3.83. The maximum absolute atomic E-state index is 14.2. The van der Waals surface area contributed by atoms with E-state index in [1.54, 1.807) is 24.0 Å². The highest BCUT2D eigenvalue weighted by atomic mass is 32.2. The minimum Gasteiger partial charge on any atom is -0.271 e. The zero-order valence-corrected chi connectivity index (χ0v) is 14.4. The lowest BCUT2D eigenvalue weighted by Gasteiger charge is -2.34. The summed E-state index contributed by atoms with van der Waals surface area (Å²) < 4.78 is 56.6. The van der Waals surface area contributed by atoms with Crippen molar-refractivity contribution in [2.24, 2.45) is 7.05 Å². The van der Waals surface area contributed by atoms with E-state index in [9.17, 15) is 17.2 Å². The van der Waals surface area contributed by atoms with Gasteiger partial charge in [-0.05, 0) is 37.5 Å². The van der Waals surface area contributed by atoms with Crippen molar-refractivity contribution >= 4 is 10.0 Å². The number of hydrogen-bond acceptors (Lipinski definition) is 3. The molecule has 0 bridgehead atoms. The van der Waals surface area contributed by atoms with E-state index in [0.717, 1.165) is 18.2 Å². The molecule has 1 aliphatic rings. The average Bonchev–Trinajstić information content (AvgIpc) is 2.96. The van der Waals surface area contributed by atoms with Gasteiger partial charge in [-0.1, -0.05) is 6.42 Å². The number of nitrogens with zero attached hydrogens (tertiary/aromatic N) is 3. The number of rotatable bonds is 3. The van der Waals surface area contributed by atoms with Gasteiger partial charge in [0.25, 0.3) is 0 Å². The largest absolute Gasteiger partial charge is 0.271 e. The average molecular weight is 355 g/mol. The minimum absolute atomic E-state index is 0.101. The van der Waals surface area contributed by atoms with Crippen molar-refractivity contribution in [1.82, 2.24) is 14.1 Å².